The maximum atomic E-state index is 5.93. The fourth-order valence-electron chi connectivity index (χ4n) is 1.15. The van der Waals surface area contributed by atoms with Crippen LogP contribution in [0.4, 0.5) is 0 Å². The van der Waals surface area contributed by atoms with Crippen LogP contribution in [0.25, 0.3) is 0 Å². The monoisotopic (exact) mass is 210 g/mol. The summed E-state index contributed by atoms with van der Waals surface area (Å²) >= 11 is 1.32. The van der Waals surface area contributed by atoms with Crippen LogP contribution in [-0.4, -0.2) is 24.6 Å². The van der Waals surface area contributed by atoms with Gasteiger partial charge >= 0.3 is 0 Å². The molecule has 0 aromatic carbocycles. The number of nitrogens with two attached hydrogens (primary N) is 1. The van der Waals surface area contributed by atoms with Gasteiger partial charge < -0.3 is 5.73 Å². The molecule has 2 heterocycles. The third kappa shape index (κ3) is 1.94. The molecule has 2 aromatic heterocycles. The van der Waals surface area contributed by atoms with Crippen LogP contribution in [0.3, 0.4) is 0 Å². The van der Waals surface area contributed by atoms with Crippen LogP contribution in [0.1, 0.15) is 16.6 Å². The number of aryl methyl sites for hydroxylation is 1. The molecule has 74 valence electrons. The molecular weight excluding hydrogens is 200 g/mol. The summed E-state index contributed by atoms with van der Waals surface area (Å²) in [7, 11) is 1.78. The van der Waals surface area contributed by atoms with Gasteiger partial charge in [-0.2, -0.15) is 15.0 Å². The van der Waals surface area contributed by atoms with Crippen LogP contribution in [0.15, 0.2) is 12.4 Å². The van der Waals surface area contributed by atoms with Crippen LogP contribution in [-0.2, 0) is 13.5 Å². The van der Waals surface area contributed by atoms with Crippen molar-refractivity contribution >= 4 is 11.5 Å². The normalized spacial score (nSPS) is 13.0. The lowest BCUT2D eigenvalue weighted by Crippen LogP contribution is -2.12. The molecule has 0 saturated heterocycles. The number of rotatable bonds is 3. The molecule has 0 bridgehead atoms. The summed E-state index contributed by atoms with van der Waals surface area (Å²) in [6.45, 7) is 0. The van der Waals surface area contributed by atoms with Crippen molar-refractivity contribution in [2.45, 2.75) is 12.5 Å². The molecule has 0 aliphatic rings. The molecule has 0 spiro atoms. The van der Waals surface area contributed by atoms with E-state index in [0.717, 1.165) is 10.6 Å². The van der Waals surface area contributed by atoms with Gasteiger partial charge in [-0.05, 0) is 11.5 Å². The van der Waals surface area contributed by atoms with Gasteiger partial charge in [-0.1, -0.05) is 4.49 Å². The molecule has 0 saturated carbocycles. The second-order valence-electron chi connectivity index (χ2n) is 2.96. The zero-order valence-corrected chi connectivity index (χ0v) is 8.48. The first kappa shape index (κ1) is 9.22. The highest BCUT2D eigenvalue weighted by molar-refractivity contribution is 7.05. The largest absolute Gasteiger partial charge is 0.323 e. The molecule has 0 amide bonds. The summed E-state index contributed by atoms with van der Waals surface area (Å²) in [5, 5.41) is 11.9. The topological polar surface area (TPSA) is 82.5 Å². The van der Waals surface area contributed by atoms with Gasteiger partial charge in [-0.3, -0.25) is 0 Å². The van der Waals surface area contributed by atoms with Crippen molar-refractivity contribution in [1.29, 1.82) is 0 Å². The van der Waals surface area contributed by atoms with E-state index < -0.39 is 0 Å². The van der Waals surface area contributed by atoms with Crippen LogP contribution < -0.4 is 5.73 Å². The molecule has 14 heavy (non-hydrogen) atoms. The van der Waals surface area contributed by atoms with Crippen molar-refractivity contribution < 1.29 is 0 Å². The summed E-state index contributed by atoms with van der Waals surface area (Å²) in [6.07, 6.45) is 4.07. The molecule has 0 radical (unpaired) electrons. The molecule has 6 nitrogen and oxygen atoms in total. The zero-order chi connectivity index (χ0) is 9.97. The first-order chi connectivity index (χ1) is 6.75. The van der Waals surface area contributed by atoms with Crippen LogP contribution in [0, 0.1) is 0 Å². The predicted octanol–water partition coefficient (Wildman–Crippen LogP) is -0.0909. The molecule has 0 fully saturated rings. The Morgan fingerprint density at radius 1 is 1.57 bits per heavy atom. The fourth-order valence-corrected chi connectivity index (χ4v) is 1.65. The Balaban J connectivity index is 2.05. The van der Waals surface area contributed by atoms with Crippen molar-refractivity contribution in [3.05, 3.63) is 23.0 Å². The summed E-state index contributed by atoms with van der Waals surface area (Å²) in [5.74, 6) is 0. The minimum Gasteiger partial charge on any atom is -0.323 e. The Hall–Kier alpha value is -1.34. The minimum atomic E-state index is -0.0910. The van der Waals surface area contributed by atoms with Crippen LogP contribution in [0.5, 0.6) is 0 Å². The number of hydrogen-bond donors (Lipinski definition) is 1. The van der Waals surface area contributed by atoms with Gasteiger partial charge in [0.05, 0.1) is 23.0 Å². The SMILES string of the molecule is Cn1ncc(CC(N)c2cnns2)n1. The molecule has 0 aliphatic heterocycles. The number of aromatic nitrogens is 5. The quantitative estimate of drug-likeness (QED) is 0.765. The lowest BCUT2D eigenvalue weighted by molar-refractivity contribution is 0.632. The second kappa shape index (κ2) is 3.81. The van der Waals surface area contributed by atoms with Crippen LogP contribution in [0.2, 0.25) is 0 Å². The van der Waals surface area contributed by atoms with Gasteiger partial charge in [0, 0.05) is 19.5 Å². The van der Waals surface area contributed by atoms with E-state index in [-0.39, 0.29) is 6.04 Å². The summed E-state index contributed by atoms with van der Waals surface area (Å²) < 4.78 is 3.76. The lowest BCUT2D eigenvalue weighted by atomic mass is 10.1. The number of hydrogen-bond acceptors (Lipinski definition) is 6. The summed E-state index contributed by atoms with van der Waals surface area (Å²) in [5.41, 5.74) is 6.82. The highest BCUT2D eigenvalue weighted by Gasteiger charge is 2.11. The maximum absolute atomic E-state index is 5.93. The fraction of sp³-hybridized carbons (Fsp3) is 0.429. The Labute approximate surface area is 84.9 Å². The highest BCUT2D eigenvalue weighted by Crippen LogP contribution is 2.16. The first-order valence-corrected chi connectivity index (χ1v) is 4.91. The molecule has 0 aliphatic carbocycles. The molecule has 1 atom stereocenters. The Morgan fingerprint density at radius 2 is 2.43 bits per heavy atom. The van der Waals surface area contributed by atoms with Crippen molar-refractivity contribution in [1.82, 2.24) is 24.6 Å². The average Bonchev–Trinajstić information content (AvgIpc) is 2.75. The first-order valence-electron chi connectivity index (χ1n) is 4.14. The number of nitrogens with zero attached hydrogens (tertiary/aromatic N) is 5. The van der Waals surface area contributed by atoms with Gasteiger partial charge in [-0.25, -0.2) is 0 Å². The van der Waals surface area contributed by atoms with Gasteiger partial charge in [0.1, 0.15) is 0 Å². The molecular formula is C7H10N6S. The van der Waals surface area contributed by atoms with E-state index in [4.69, 9.17) is 5.73 Å². The van der Waals surface area contributed by atoms with E-state index in [9.17, 15) is 0 Å². The van der Waals surface area contributed by atoms with E-state index in [1.807, 2.05) is 0 Å². The standard InChI is InChI=1S/C7H10N6S/c1-13-10-3-5(11-13)2-6(8)7-4-9-12-14-7/h3-4,6H,2,8H2,1H3. The molecule has 2 N–H and O–H groups in total. The third-order valence-corrected chi connectivity index (χ3v) is 2.61. The van der Waals surface area contributed by atoms with E-state index in [1.54, 1.807) is 19.4 Å². The van der Waals surface area contributed by atoms with Crippen molar-refractivity contribution in [3.63, 3.8) is 0 Å². The van der Waals surface area contributed by atoms with E-state index in [2.05, 4.69) is 19.8 Å². The van der Waals surface area contributed by atoms with Crippen molar-refractivity contribution in [2.24, 2.45) is 12.8 Å². The smallest absolute Gasteiger partial charge is 0.0846 e. The average molecular weight is 210 g/mol. The summed E-state index contributed by atoms with van der Waals surface area (Å²) in [6, 6.07) is -0.0910. The molecule has 7 heteroatoms. The van der Waals surface area contributed by atoms with Crippen molar-refractivity contribution in [3.8, 4) is 0 Å². The highest BCUT2D eigenvalue weighted by atomic mass is 32.1. The van der Waals surface area contributed by atoms with Crippen molar-refractivity contribution in [2.75, 3.05) is 0 Å². The Morgan fingerprint density at radius 3 is 3.00 bits per heavy atom. The van der Waals surface area contributed by atoms with E-state index >= 15 is 0 Å². The van der Waals surface area contributed by atoms with Gasteiger partial charge in [0.2, 0.25) is 0 Å². The predicted molar refractivity (Wildman–Crippen MR) is 51.5 cm³/mol. The van der Waals surface area contributed by atoms with Gasteiger partial charge in [0.25, 0.3) is 0 Å². The van der Waals surface area contributed by atoms with E-state index in [0.29, 0.717) is 6.42 Å². The minimum absolute atomic E-state index is 0.0910. The van der Waals surface area contributed by atoms with Crippen LogP contribution >= 0.6 is 11.5 Å². The van der Waals surface area contributed by atoms with Gasteiger partial charge in [0.15, 0.2) is 0 Å². The Bertz CT molecular complexity index is 394. The lowest BCUT2D eigenvalue weighted by Gasteiger charge is -2.04. The van der Waals surface area contributed by atoms with E-state index in [1.165, 1.54) is 16.3 Å². The zero-order valence-electron chi connectivity index (χ0n) is 7.66. The maximum Gasteiger partial charge on any atom is 0.0846 e. The second-order valence-corrected chi connectivity index (χ2v) is 3.77. The molecule has 2 aromatic rings. The van der Waals surface area contributed by atoms with Gasteiger partial charge in [-0.15, -0.1) is 5.10 Å². The molecule has 1 unspecified atom stereocenters. The summed E-state index contributed by atoms with van der Waals surface area (Å²) in [4.78, 5) is 2.49. The Kier molecular flexibility index (Phi) is 2.51. The third-order valence-electron chi connectivity index (χ3n) is 1.82. The molecule has 2 rings (SSSR count).